The van der Waals surface area contributed by atoms with Crippen molar-refractivity contribution in [3.05, 3.63) is 70.4 Å². The molecule has 3 rings (SSSR count). The van der Waals surface area contributed by atoms with Crippen LogP contribution in [0.5, 0.6) is 11.5 Å². The molecule has 3 aromatic rings. The summed E-state index contributed by atoms with van der Waals surface area (Å²) >= 11 is 6.24. The Morgan fingerprint density at radius 3 is 2.53 bits per heavy atom. The Balaban J connectivity index is 1.67. The predicted octanol–water partition coefficient (Wildman–Crippen LogP) is 4.87. The van der Waals surface area contributed by atoms with Crippen LogP contribution in [0.25, 0.3) is 0 Å². The van der Waals surface area contributed by atoms with Gasteiger partial charge in [0.1, 0.15) is 0 Å². The van der Waals surface area contributed by atoms with E-state index in [2.05, 4.69) is 10.4 Å². The second-order valence-electron chi connectivity index (χ2n) is 6.79. The number of benzene rings is 2. The number of nitrogens with one attached hydrogen (secondary N) is 1. The second-order valence-corrected chi connectivity index (χ2v) is 7.20. The molecule has 0 aliphatic carbocycles. The zero-order chi connectivity index (χ0) is 21.5. The molecule has 0 atom stereocenters. The number of halogens is 1. The standard InChI is InChI=1S/C23H26ClN3O3/c1-4-29-20-11-10-17(13-21(20)30-5-2)14-23(28)25-22-12-16(3)27(26-22)15-18-8-6-7-9-19(18)24/h6-13H,4-5,14-15H2,1-3H3,(H,25,26,28). The van der Waals surface area contributed by atoms with E-state index in [4.69, 9.17) is 21.1 Å². The molecule has 6 nitrogen and oxygen atoms in total. The summed E-state index contributed by atoms with van der Waals surface area (Å²) in [6.07, 6.45) is 0.211. The van der Waals surface area contributed by atoms with Crippen LogP contribution < -0.4 is 14.8 Å². The first kappa shape index (κ1) is 21.7. The van der Waals surface area contributed by atoms with Crippen LogP contribution in [0, 0.1) is 6.92 Å². The number of carbonyl (C=O) groups excluding carboxylic acids is 1. The molecule has 1 N–H and O–H groups in total. The van der Waals surface area contributed by atoms with Crippen LogP contribution in [0.15, 0.2) is 48.5 Å². The highest BCUT2D eigenvalue weighted by molar-refractivity contribution is 6.31. The predicted molar refractivity (Wildman–Crippen MR) is 119 cm³/mol. The van der Waals surface area contributed by atoms with Gasteiger partial charge >= 0.3 is 0 Å². The Kier molecular flexibility index (Phi) is 7.36. The lowest BCUT2D eigenvalue weighted by Crippen LogP contribution is -2.15. The molecule has 1 amide bonds. The monoisotopic (exact) mass is 427 g/mol. The lowest BCUT2D eigenvalue weighted by Gasteiger charge is -2.12. The van der Waals surface area contributed by atoms with Gasteiger partial charge < -0.3 is 14.8 Å². The van der Waals surface area contributed by atoms with Crippen molar-refractivity contribution in [2.24, 2.45) is 0 Å². The van der Waals surface area contributed by atoms with Gasteiger partial charge in [-0.3, -0.25) is 9.48 Å². The maximum absolute atomic E-state index is 12.5. The molecule has 7 heteroatoms. The van der Waals surface area contributed by atoms with Gasteiger partial charge in [0.2, 0.25) is 5.91 Å². The van der Waals surface area contributed by atoms with Crippen molar-refractivity contribution < 1.29 is 14.3 Å². The largest absolute Gasteiger partial charge is 0.490 e. The summed E-state index contributed by atoms with van der Waals surface area (Å²) in [6, 6.07) is 15.0. The summed E-state index contributed by atoms with van der Waals surface area (Å²) in [5.41, 5.74) is 2.75. The maximum Gasteiger partial charge on any atom is 0.229 e. The average molecular weight is 428 g/mol. The molecule has 0 radical (unpaired) electrons. The van der Waals surface area contributed by atoms with E-state index in [9.17, 15) is 4.79 Å². The number of hydrogen-bond donors (Lipinski definition) is 1. The number of amides is 1. The fourth-order valence-electron chi connectivity index (χ4n) is 3.10. The normalized spacial score (nSPS) is 10.7. The zero-order valence-corrected chi connectivity index (χ0v) is 18.2. The minimum Gasteiger partial charge on any atom is -0.490 e. The summed E-state index contributed by atoms with van der Waals surface area (Å²) in [4.78, 5) is 12.5. The van der Waals surface area contributed by atoms with E-state index >= 15 is 0 Å². The van der Waals surface area contributed by atoms with Crippen LogP contribution in [0.2, 0.25) is 5.02 Å². The van der Waals surface area contributed by atoms with Crippen molar-refractivity contribution in [1.82, 2.24) is 9.78 Å². The lowest BCUT2D eigenvalue weighted by molar-refractivity contribution is -0.115. The molecule has 1 heterocycles. The number of anilines is 1. The molecule has 30 heavy (non-hydrogen) atoms. The van der Waals surface area contributed by atoms with Crippen LogP contribution in [-0.2, 0) is 17.8 Å². The number of carbonyl (C=O) groups is 1. The van der Waals surface area contributed by atoms with E-state index in [1.165, 1.54) is 0 Å². The molecule has 0 bridgehead atoms. The molecular weight excluding hydrogens is 402 g/mol. The molecule has 2 aromatic carbocycles. The summed E-state index contributed by atoms with van der Waals surface area (Å²) in [5, 5.41) is 8.06. The van der Waals surface area contributed by atoms with E-state index < -0.39 is 0 Å². The lowest BCUT2D eigenvalue weighted by atomic mass is 10.1. The number of aromatic nitrogens is 2. The molecule has 0 spiro atoms. The van der Waals surface area contributed by atoms with Crippen LogP contribution in [-0.4, -0.2) is 28.9 Å². The van der Waals surface area contributed by atoms with E-state index in [-0.39, 0.29) is 12.3 Å². The maximum atomic E-state index is 12.5. The van der Waals surface area contributed by atoms with Gasteiger partial charge in [-0.2, -0.15) is 5.10 Å². The minimum atomic E-state index is -0.149. The Bertz CT molecular complexity index is 1020. The topological polar surface area (TPSA) is 65.4 Å². The van der Waals surface area contributed by atoms with Gasteiger partial charge in [0, 0.05) is 16.8 Å². The van der Waals surface area contributed by atoms with Crippen molar-refractivity contribution in [1.29, 1.82) is 0 Å². The average Bonchev–Trinajstić information content (AvgIpc) is 3.04. The first-order chi connectivity index (χ1) is 14.5. The number of ether oxygens (including phenoxy) is 2. The molecule has 0 unspecified atom stereocenters. The highest BCUT2D eigenvalue weighted by Gasteiger charge is 2.12. The summed E-state index contributed by atoms with van der Waals surface area (Å²) < 4.78 is 13.0. The van der Waals surface area contributed by atoms with E-state index in [1.807, 2.05) is 74.0 Å². The third-order valence-corrected chi connectivity index (χ3v) is 4.87. The van der Waals surface area contributed by atoms with E-state index in [0.717, 1.165) is 16.8 Å². The number of rotatable bonds is 9. The molecule has 0 saturated carbocycles. The zero-order valence-electron chi connectivity index (χ0n) is 17.4. The fraction of sp³-hybridized carbons (Fsp3) is 0.304. The van der Waals surface area contributed by atoms with Gasteiger partial charge in [-0.15, -0.1) is 0 Å². The SMILES string of the molecule is CCOc1ccc(CC(=O)Nc2cc(C)n(Cc3ccccc3Cl)n2)cc1OCC. The smallest absolute Gasteiger partial charge is 0.229 e. The van der Waals surface area contributed by atoms with Gasteiger partial charge in [-0.25, -0.2) is 0 Å². The van der Waals surface area contributed by atoms with Crippen molar-refractivity contribution >= 4 is 23.3 Å². The highest BCUT2D eigenvalue weighted by atomic mass is 35.5. The molecule has 0 saturated heterocycles. The Labute approximate surface area is 181 Å². The summed E-state index contributed by atoms with van der Waals surface area (Å²) in [5.74, 6) is 1.69. The van der Waals surface area contributed by atoms with E-state index in [0.29, 0.717) is 42.1 Å². The second kappa shape index (κ2) is 10.2. The molecular formula is C23H26ClN3O3. The summed E-state index contributed by atoms with van der Waals surface area (Å²) in [6.45, 7) is 7.40. The van der Waals surface area contributed by atoms with Crippen molar-refractivity contribution in [3.8, 4) is 11.5 Å². The third-order valence-electron chi connectivity index (χ3n) is 4.50. The van der Waals surface area contributed by atoms with Crippen LogP contribution in [0.4, 0.5) is 5.82 Å². The molecule has 0 fully saturated rings. The summed E-state index contributed by atoms with van der Waals surface area (Å²) in [7, 11) is 0. The van der Waals surface area contributed by atoms with Gasteiger partial charge in [0.05, 0.1) is 26.2 Å². The van der Waals surface area contributed by atoms with E-state index in [1.54, 1.807) is 0 Å². The molecule has 0 aliphatic heterocycles. The fourth-order valence-corrected chi connectivity index (χ4v) is 3.29. The van der Waals surface area contributed by atoms with Gasteiger partial charge in [0.15, 0.2) is 17.3 Å². The van der Waals surface area contributed by atoms with Crippen LogP contribution in [0.1, 0.15) is 30.7 Å². The Morgan fingerprint density at radius 1 is 1.07 bits per heavy atom. The van der Waals surface area contributed by atoms with Crippen molar-refractivity contribution in [2.75, 3.05) is 18.5 Å². The van der Waals surface area contributed by atoms with Gasteiger partial charge in [0.25, 0.3) is 0 Å². The number of nitrogens with zero attached hydrogens (tertiary/aromatic N) is 2. The minimum absolute atomic E-state index is 0.149. The Hall–Kier alpha value is -2.99. The number of aryl methyl sites for hydroxylation is 1. The third kappa shape index (κ3) is 5.54. The van der Waals surface area contributed by atoms with Gasteiger partial charge in [-0.1, -0.05) is 35.9 Å². The van der Waals surface area contributed by atoms with Crippen molar-refractivity contribution in [3.63, 3.8) is 0 Å². The molecule has 1 aromatic heterocycles. The first-order valence-corrected chi connectivity index (χ1v) is 10.3. The highest BCUT2D eigenvalue weighted by Crippen LogP contribution is 2.29. The quantitative estimate of drug-likeness (QED) is 0.529. The molecule has 158 valence electrons. The number of hydrogen-bond acceptors (Lipinski definition) is 4. The molecule has 0 aliphatic rings. The Morgan fingerprint density at radius 2 is 1.80 bits per heavy atom. The van der Waals surface area contributed by atoms with Crippen LogP contribution in [0.3, 0.4) is 0 Å². The van der Waals surface area contributed by atoms with Crippen LogP contribution >= 0.6 is 11.6 Å². The first-order valence-electron chi connectivity index (χ1n) is 9.96. The van der Waals surface area contributed by atoms with Gasteiger partial charge in [-0.05, 0) is 50.1 Å². The van der Waals surface area contributed by atoms with Crippen molar-refractivity contribution in [2.45, 2.75) is 33.7 Å².